The van der Waals surface area contributed by atoms with Gasteiger partial charge in [-0.2, -0.15) is 31.4 Å². The monoisotopic (exact) mass is 672 g/mol. The lowest BCUT2D eigenvalue weighted by atomic mass is 9.93. The zero-order chi connectivity index (χ0) is 34.7. The second kappa shape index (κ2) is 13.9. The highest BCUT2D eigenvalue weighted by Crippen LogP contribution is 2.37. The standard InChI is InChI=1S/C31H38F6N6O4/c1-6-24-12-25(7-8-42(24)28(45)47-18-29(2,3)26(44)46-5)43(27-38-13-20(14-39-27)21-15-40-41(4)17-21)16-19-9-22(30(32,33)34)11-23(10-19)31(35,36)37/h9-11,13-15,21,24-25H,6-8,12,16-18H2,1-5H3/t21?,24-,25-/m1/s1. The van der Waals surface area contributed by atoms with E-state index in [2.05, 4.69) is 15.1 Å². The Kier molecular flexibility index (Phi) is 10.6. The van der Waals surface area contributed by atoms with Crippen LogP contribution < -0.4 is 4.90 Å². The Labute approximate surface area is 268 Å². The first-order valence-corrected chi connectivity index (χ1v) is 15.1. The number of ether oxygens (including phenoxy) is 2. The SMILES string of the molecule is CC[C@@H]1C[C@H](N(Cc2cc(C(F)(F)F)cc(C(F)(F)F)c2)c2ncc(C3C=NN(C)C3)cn2)CCN1C(=O)OCC(C)(C)C(=O)OC. The molecule has 1 aromatic heterocycles. The molecule has 3 heterocycles. The van der Waals surface area contributed by atoms with E-state index >= 15 is 0 Å². The van der Waals surface area contributed by atoms with E-state index in [9.17, 15) is 35.9 Å². The average Bonchev–Trinajstić information content (AvgIpc) is 3.47. The van der Waals surface area contributed by atoms with Crippen LogP contribution in [-0.4, -0.2) is 84.1 Å². The maximum Gasteiger partial charge on any atom is 0.416 e. The van der Waals surface area contributed by atoms with Crippen molar-refractivity contribution in [2.24, 2.45) is 10.5 Å². The molecule has 0 bridgehead atoms. The molecule has 258 valence electrons. The molecule has 0 saturated carbocycles. The number of piperidine rings is 1. The molecule has 1 fully saturated rings. The normalized spacial score (nSPS) is 20.4. The second-order valence-electron chi connectivity index (χ2n) is 12.4. The molecule has 0 spiro atoms. The molecular weight excluding hydrogens is 634 g/mol. The molecule has 1 aromatic carbocycles. The minimum atomic E-state index is -5.00. The van der Waals surface area contributed by atoms with E-state index in [-0.39, 0.29) is 49.2 Å². The molecule has 2 aliphatic rings. The number of amides is 1. The second-order valence-corrected chi connectivity index (χ2v) is 12.4. The Bertz CT molecular complexity index is 1420. The molecule has 0 aliphatic carbocycles. The maximum atomic E-state index is 13.7. The lowest BCUT2D eigenvalue weighted by Crippen LogP contribution is -2.52. The fourth-order valence-electron chi connectivity index (χ4n) is 5.71. The number of methoxy groups -OCH3 is 1. The molecule has 1 unspecified atom stereocenters. The van der Waals surface area contributed by atoms with Crippen LogP contribution in [0.1, 0.15) is 68.2 Å². The molecule has 2 aliphatic heterocycles. The highest BCUT2D eigenvalue weighted by atomic mass is 19.4. The lowest BCUT2D eigenvalue weighted by molar-refractivity contribution is -0.153. The van der Waals surface area contributed by atoms with E-state index in [0.717, 1.165) is 5.56 Å². The first kappa shape index (κ1) is 35.7. The number of nitrogens with zero attached hydrogens (tertiary/aromatic N) is 6. The van der Waals surface area contributed by atoms with Crippen LogP contribution in [0.2, 0.25) is 0 Å². The molecule has 16 heteroatoms. The van der Waals surface area contributed by atoms with Crippen LogP contribution in [0, 0.1) is 5.41 Å². The molecule has 47 heavy (non-hydrogen) atoms. The van der Waals surface area contributed by atoms with Gasteiger partial charge in [-0.3, -0.25) is 9.80 Å². The molecule has 0 N–H and O–H groups in total. The minimum absolute atomic E-state index is 0.0804. The minimum Gasteiger partial charge on any atom is -0.469 e. The Morgan fingerprint density at radius 3 is 2.15 bits per heavy atom. The van der Waals surface area contributed by atoms with Crippen molar-refractivity contribution < 1.29 is 45.4 Å². The van der Waals surface area contributed by atoms with Gasteiger partial charge in [0.2, 0.25) is 5.95 Å². The van der Waals surface area contributed by atoms with Gasteiger partial charge in [0, 0.05) is 63.3 Å². The number of likely N-dealkylation sites (tertiary alicyclic amines) is 1. The summed E-state index contributed by atoms with van der Waals surface area (Å²) < 4.78 is 92.4. The molecule has 0 radical (unpaired) electrons. The van der Waals surface area contributed by atoms with Gasteiger partial charge in [-0.25, -0.2) is 14.8 Å². The van der Waals surface area contributed by atoms with Gasteiger partial charge in [0.1, 0.15) is 6.61 Å². The number of anilines is 1. The van der Waals surface area contributed by atoms with E-state index in [1.165, 1.54) is 12.0 Å². The Balaban J connectivity index is 1.63. The number of likely N-dealkylation sites (N-methyl/N-ethyl adjacent to an activating group) is 1. The van der Waals surface area contributed by atoms with Crippen molar-refractivity contribution >= 4 is 24.2 Å². The summed E-state index contributed by atoms with van der Waals surface area (Å²) in [6.45, 7) is 5.21. The third kappa shape index (κ3) is 8.63. The fraction of sp³-hybridized carbons (Fsp3) is 0.581. The molecule has 1 saturated heterocycles. The quantitative estimate of drug-likeness (QED) is 0.232. The third-order valence-electron chi connectivity index (χ3n) is 8.38. The largest absolute Gasteiger partial charge is 0.469 e. The highest BCUT2D eigenvalue weighted by molar-refractivity contribution is 5.76. The van der Waals surface area contributed by atoms with Crippen molar-refractivity contribution in [3.63, 3.8) is 0 Å². The van der Waals surface area contributed by atoms with Crippen molar-refractivity contribution in [2.75, 3.05) is 38.8 Å². The maximum absolute atomic E-state index is 13.7. The van der Waals surface area contributed by atoms with E-state index in [0.29, 0.717) is 37.9 Å². The van der Waals surface area contributed by atoms with Crippen LogP contribution in [0.25, 0.3) is 0 Å². The number of hydrazone groups is 1. The first-order chi connectivity index (χ1) is 21.9. The summed E-state index contributed by atoms with van der Waals surface area (Å²) in [6, 6.07) is 0.659. The molecular formula is C31H38F6N6O4. The van der Waals surface area contributed by atoms with Crippen molar-refractivity contribution in [1.29, 1.82) is 0 Å². The van der Waals surface area contributed by atoms with Gasteiger partial charge < -0.3 is 19.3 Å². The Morgan fingerprint density at radius 2 is 1.64 bits per heavy atom. The zero-order valence-corrected chi connectivity index (χ0v) is 26.7. The summed E-state index contributed by atoms with van der Waals surface area (Å²) in [4.78, 5) is 37.2. The number of carbonyl (C=O) groups is 2. The third-order valence-corrected chi connectivity index (χ3v) is 8.38. The number of halogens is 6. The van der Waals surface area contributed by atoms with Crippen molar-refractivity contribution in [2.45, 2.75) is 76.9 Å². The number of carbonyl (C=O) groups excluding carboxylic acids is 2. The fourth-order valence-corrected chi connectivity index (χ4v) is 5.71. The van der Waals surface area contributed by atoms with Crippen LogP contribution >= 0.6 is 0 Å². The van der Waals surface area contributed by atoms with Crippen molar-refractivity contribution in [3.05, 3.63) is 52.8 Å². The van der Waals surface area contributed by atoms with Crippen molar-refractivity contribution in [1.82, 2.24) is 19.9 Å². The Hall–Kier alpha value is -4.11. The van der Waals surface area contributed by atoms with Gasteiger partial charge in [0.25, 0.3) is 0 Å². The van der Waals surface area contributed by atoms with Crippen LogP contribution in [0.4, 0.5) is 37.1 Å². The number of aromatic nitrogens is 2. The summed E-state index contributed by atoms with van der Waals surface area (Å²) >= 11 is 0. The predicted octanol–water partition coefficient (Wildman–Crippen LogP) is 6.11. The van der Waals surface area contributed by atoms with Gasteiger partial charge in [-0.15, -0.1) is 0 Å². The van der Waals surface area contributed by atoms with Crippen LogP contribution in [0.5, 0.6) is 0 Å². The summed E-state index contributed by atoms with van der Waals surface area (Å²) in [7, 11) is 3.04. The molecule has 3 atom stereocenters. The predicted molar refractivity (Wildman–Crippen MR) is 159 cm³/mol. The van der Waals surface area contributed by atoms with E-state index in [1.807, 2.05) is 14.0 Å². The zero-order valence-electron chi connectivity index (χ0n) is 26.7. The molecule has 1 amide bonds. The summed E-state index contributed by atoms with van der Waals surface area (Å²) in [5, 5.41) is 5.96. The number of alkyl halides is 6. The summed E-state index contributed by atoms with van der Waals surface area (Å²) in [5.74, 6) is -0.505. The lowest BCUT2D eigenvalue weighted by Gasteiger charge is -2.43. The van der Waals surface area contributed by atoms with Gasteiger partial charge in [0.05, 0.1) is 23.7 Å². The molecule has 10 nitrogen and oxygen atoms in total. The van der Waals surface area contributed by atoms with Crippen LogP contribution in [0.15, 0.2) is 35.7 Å². The van der Waals surface area contributed by atoms with Crippen LogP contribution in [0.3, 0.4) is 0 Å². The molecule has 2 aromatic rings. The van der Waals surface area contributed by atoms with Gasteiger partial charge in [-0.1, -0.05) is 6.92 Å². The van der Waals surface area contributed by atoms with Gasteiger partial charge >= 0.3 is 24.4 Å². The van der Waals surface area contributed by atoms with Gasteiger partial charge in [-0.05, 0) is 62.4 Å². The number of rotatable bonds is 9. The van der Waals surface area contributed by atoms with E-state index in [1.54, 1.807) is 42.4 Å². The smallest absolute Gasteiger partial charge is 0.416 e. The molecule has 4 rings (SSSR count). The van der Waals surface area contributed by atoms with Crippen molar-refractivity contribution in [3.8, 4) is 0 Å². The number of esters is 1. The highest BCUT2D eigenvalue weighted by Gasteiger charge is 2.39. The number of hydrogen-bond acceptors (Lipinski definition) is 9. The van der Waals surface area contributed by atoms with E-state index in [4.69, 9.17) is 9.47 Å². The Morgan fingerprint density at radius 1 is 1.02 bits per heavy atom. The topological polar surface area (TPSA) is 100 Å². The number of benzene rings is 1. The summed E-state index contributed by atoms with van der Waals surface area (Å²) in [6.07, 6.45) is -4.68. The first-order valence-electron chi connectivity index (χ1n) is 15.1. The van der Waals surface area contributed by atoms with Crippen LogP contribution in [-0.2, 0) is 33.2 Å². The summed E-state index contributed by atoms with van der Waals surface area (Å²) in [5.41, 5.74) is -3.38. The average molecular weight is 673 g/mol. The number of hydrogen-bond donors (Lipinski definition) is 0. The van der Waals surface area contributed by atoms with E-state index < -0.39 is 47.0 Å². The van der Waals surface area contributed by atoms with Gasteiger partial charge in [0.15, 0.2) is 0 Å².